The number of carbonyl (C=O) groups is 1. The van der Waals surface area contributed by atoms with Gasteiger partial charge in [0.1, 0.15) is 15.6 Å². The van der Waals surface area contributed by atoms with Gasteiger partial charge in [0.2, 0.25) is 0 Å². The third kappa shape index (κ3) is 9.52. The molecule has 4 fully saturated rings. The highest BCUT2D eigenvalue weighted by molar-refractivity contribution is 7.91. The first-order chi connectivity index (χ1) is 22.0. The Hall–Kier alpha value is -0.770. The number of hydrogen-bond donors (Lipinski definition) is 1. The summed E-state index contributed by atoms with van der Waals surface area (Å²) in [6, 6.07) is 0. The molecule has 0 spiro atoms. The largest absolute Gasteiger partial charge is 0.453 e. The van der Waals surface area contributed by atoms with Gasteiger partial charge in [0, 0.05) is 19.3 Å². The lowest BCUT2D eigenvalue weighted by molar-refractivity contribution is -0.284. The van der Waals surface area contributed by atoms with Crippen molar-refractivity contribution in [3.8, 4) is 0 Å². The first-order valence-electron chi connectivity index (χ1n) is 18.8. The SMILES string of the molecule is C[C@]12CCC(=O)CC1CC(CCCCCCCCCCCCCS(=O)(=O)CCCC(F)(F)C(F)(F)F)[C@@H]1[C@H]2CC[C@]2(C)C(O)CC[C@@H]12. The second-order valence-corrected chi connectivity index (χ2v) is 18.8. The van der Waals surface area contributed by atoms with Crippen molar-refractivity contribution in [1.29, 1.82) is 0 Å². The van der Waals surface area contributed by atoms with Crippen LogP contribution in [0.15, 0.2) is 0 Å². The van der Waals surface area contributed by atoms with Crippen molar-refractivity contribution >= 4 is 15.6 Å². The summed E-state index contributed by atoms with van der Waals surface area (Å²) in [5.41, 5.74) is 0.350. The van der Waals surface area contributed by atoms with Gasteiger partial charge in [0.15, 0.2) is 0 Å². The molecular weight excluding hydrogens is 635 g/mol. The van der Waals surface area contributed by atoms with E-state index in [1.165, 1.54) is 51.4 Å². The molecule has 0 aromatic carbocycles. The fourth-order valence-corrected chi connectivity index (χ4v) is 12.0. The Labute approximate surface area is 280 Å². The predicted molar refractivity (Wildman–Crippen MR) is 176 cm³/mol. The van der Waals surface area contributed by atoms with E-state index in [1.54, 1.807) is 0 Å². The molecule has 0 radical (unpaired) electrons. The second kappa shape index (κ2) is 16.1. The van der Waals surface area contributed by atoms with Crippen LogP contribution in [0.2, 0.25) is 0 Å². The van der Waals surface area contributed by atoms with Gasteiger partial charge in [-0.3, -0.25) is 4.79 Å². The van der Waals surface area contributed by atoms with Gasteiger partial charge in [-0.05, 0) is 91.8 Å². The minimum Gasteiger partial charge on any atom is -0.393 e. The minimum atomic E-state index is -5.64. The van der Waals surface area contributed by atoms with Crippen molar-refractivity contribution in [2.75, 3.05) is 11.5 Å². The number of unbranched alkanes of at least 4 members (excludes halogenated alkanes) is 10. The summed E-state index contributed by atoms with van der Waals surface area (Å²) in [5, 5.41) is 11.0. The van der Waals surface area contributed by atoms with Crippen molar-refractivity contribution in [3.63, 3.8) is 0 Å². The Balaban J connectivity index is 1.07. The standard InChI is InChI=1S/C37H61F5O4S/c1-34-21-18-29(43)26-28(34)25-27(33-30-16-17-32(44)35(30,2)22-19-31(33)34)15-12-10-8-6-4-3-5-7-9-11-13-23-47(45,46)24-14-20-36(38,39)37(40,41)42/h27-28,30-33,44H,3-26H2,1-2H3/t27?,28?,30-,31+,32?,33-,34-,35-/m0/s1. The van der Waals surface area contributed by atoms with Crippen LogP contribution in [0.25, 0.3) is 0 Å². The van der Waals surface area contributed by atoms with Gasteiger partial charge in [0.05, 0.1) is 17.6 Å². The zero-order valence-corrected chi connectivity index (χ0v) is 29.7. The molecule has 4 aliphatic rings. The Morgan fingerprint density at radius 1 is 0.745 bits per heavy atom. The van der Waals surface area contributed by atoms with Crippen molar-refractivity contribution in [3.05, 3.63) is 0 Å². The quantitative estimate of drug-likeness (QED) is 0.114. The van der Waals surface area contributed by atoms with Crippen LogP contribution in [0.3, 0.4) is 0 Å². The van der Waals surface area contributed by atoms with E-state index >= 15 is 0 Å². The van der Waals surface area contributed by atoms with E-state index in [4.69, 9.17) is 0 Å². The summed E-state index contributed by atoms with van der Waals surface area (Å²) >= 11 is 0. The first kappa shape index (κ1) is 39.0. The fourth-order valence-electron chi connectivity index (χ4n) is 10.6. The Morgan fingerprint density at radius 3 is 1.91 bits per heavy atom. The number of ketones is 1. The average Bonchev–Trinajstić information content (AvgIpc) is 3.29. The van der Waals surface area contributed by atoms with E-state index in [0.717, 1.165) is 64.2 Å². The first-order valence-corrected chi connectivity index (χ1v) is 20.7. The van der Waals surface area contributed by atoms with Crippen molar-refractivity contribution in [1.82, 2.24) is 0 Å². The van der Waals surface area contributed by atoms with Gasteiger partial charge in [-0.1, -0.05) is 84.5 Å². The normalized spacial score (nSPS) is 34.6. The van der Waals surface area contributed by atoms with E-state index in [9.17, 15) is 40.3 Å². The number of halogens is 5. The summed E-state index contributed by atoms with van der Waals surface area (Å²) < 4.78 is 86.6. The zero-order valence-electron chi connectivity index (χ0n) is 28.9. The molecular formula is C37H61F5O4S. The lowest BCUT2D eigenvalue weighted by atomic mass is 9.42. The van der Waals surface area contributed by atoms with Crippen molar-refractivity contribution < 1.29 is 40.3 Å². The van der Waals surface area contributed by atoms with Crippen LogP contribution in [0.1, 0.15) is 155 Å². The van der Waals surface area contributed by atoms with Gasteiger partial charge in [-0.2, -0.15) is 22.0 Å². The van der Waals surface area contributed by atoms with E-state index in [1.807, 2.05) is 0 Å². The summed E-state index contributed by atoms with van der Waals surface area (Å²) in [4.78, 5) is 12.5. The third-order valence-corrected chi connectivity index (χ3v) is 15.3. The van der Waals surface area contributed by atoms with E-state index < -0.39 is 40.5 Å². The van der Waals surface area contributed by atoms with Crippen LogP contribution in [-0.2, 0) is 14.6 Å². The molecule has 4 nitrogen and oxygen atoms in total. The molecule has 47 heavy (non-hydrogen) atoms. The number of alkyl halides is 5. The van der Waals surface area contributed by atoms with Crippen molar-refractivity contribution in [2.45, 2.75) is 173 Å². The summed E-state index contributed by atoms with van der Waals surface area (Å²) in [6.45, 7) is 4.86. The number of Topliss-reactive ketones (excluding diaryl/α,β-unsaturated/α-hetero) is 1. The van der Waals surface area contributed by atoms with Gasteiger partial charge >= 0.3 is 12.1 Å². The maximum Gasteiger partial charge on any atom is 0.453 e. The van der Waals surface area contributed by atoms with Gasteiger partial charge < -0.3 is 5.11 Å². The molecule has 0 bridgehead atoms. The minimum absolute atomic E-state index is 0.0653. The monoisotopic (exact) mass is 696 g/mol. The molecule has 0 aromatic heterocycles. The highest BCUT2D eigenvalue weighted by atomic mass is 32.2. The average molecular weight is 697 g/mol. The molecule has 0 amide bonds. The predicted octanol–water partition coefficient (Wildman–Crippen LogP) is 10.3. The molecule has 4 aliphatic carbocycles. The highest BCUT2D eigenvalue weighted by Gasteiger charge is 2.62. The molecule has 274 valence electrons. The van der Waals surface area contributed by atoms with Crippen molar-refractivity contribution in [2.24, 2.45) is 40.4 Å². The molecule has 8 atom stereocenters. The summed E-state index contributed by atoms with van der Waals surface area (Å²) in [5.74, 6) is -1.97. The highest BCUT2D eigenvalue weighted by Crippen LogP contribution is 2.67. The molecule has 0 saturated heterocycles. The van der Waals surface area contributed by atoms with Crippen LogP contribution in [0.5, 0.6) is 0 Å². The Morgan fingerprint density at radius 2 is 1.30 bits per heavy atom. The molecule has 3 unspecified atom stereocenters. The molecule has 1 N–H and O–H groups in total. The fraction of sp³-hybridized carbons (Fsp3) is 0.973. The Kier molecular flexibility index (Phi) is 13.3. The number of aliphatic hydroxyl groups is 1. The number of fused-ring (bicyclic) bond motifs is 5. The zero-order chi connectivity index (χ0) is 34.5. The number of hydrogen-bond acceptors (Lipinski definition) is 4. The maximum atomic E-state index is 13.0. The number of carbonyl (C=O) groups excluding carboxylic acids is 1. The van der Waals surface area contributed by atoms with E-state index in [2.05, 4.69) is 13.8 Å². The number of aliphatic hydroxyl groups excluding tert-OH is 1. The summed E-state index contributed by atoms with van der Waals surface area (Å²) in [6.07, 6.45) is 12.9. The molecule has 0 aliphatic heterocycles. The maximum absolute atomic E-state index is 13.0. The second-order valence-electron chi connectivity index (χ2n) is 16.5. The van der Waals surface area contributed by atoms with Crippen LogP contribution >= 0.6 is 0 Å². The van der Waals surface area contributed by atoms with Gasteiger partial charge in [-0.25, -0.2) is 8.42 Å². The van der Waals surface area contributed by atoms with E-state index in [-0.39, 0.29) is 22.7 Å². The topological polar surface area (TPSA) is 71.4 Å². The Bertz CT molecular complexity index is 1130. The van der Waals surface area contributed by atoms with Crippen LogP contribution in [0, 0.1) is 40.4 Å². The molecule has 0 heterocycles. The molecule has 4 saturated carbocycles. The number of sulfone groups is 1. The third-order valence-electron chi connectivity index (χ3n) is 13.5. The van der Waals surface area contributed by atoms with Crippen LogP contribution < -0.4 is 0 Å². The molecule has 0 aromatic rings. The molecule has 4 rings (SSSR count). The van der Waals surface area contributed by atoms with E-state index in [0.29, 0.717) is 48.2 Å². The van der Waals surface area contributed by atoms with Crippen LogP contribution in [-0.4, -0.2) is 49.0 Å². The van der Waals surface area contributed by atoms with Gasteiger partial charge in [0.25, 0.3) is 0 Å². The van der Waals surface area contributed by atoms with Gasteiger partial charge in [-0.15, -0.1) is 0 Å². The lowest BCUT2D eigenvalue weighted by Gasteiger charge is -2.62. The lowest BCUT2D eigenvalue weighted by Crippen LogP contribution is -2.57. The smallest absolute Gasteiger partial charge is 0.393 e. The number of rotatable bonds is 18. The van der Waals surface area contributed by atoms with Crippen LogP contribution in [0.4, 0.5) is 22.0 Å². The summed E-state index contributed by atoms with van der Waals surface area (Å²) in [7, 11) is -3.62. The molecule has 10 heteroatoms.